The Morgan fingerprint density at radius 1 is 1.35 bits per heavy atom. The van der Waals surface area contributed by atoms with Crippen LogP contribution in [-0.4, -0.2) is 18.8 Å². The zero-order chi connectivity index (χ0) is 13.1. The van der Waals surface area contributed by atoms with E-state index in [4.69, 9.17) is 10.6 Å². The first-order valence-electron chi connectivity index (χ1n) is 5.98. The Bertz CT molecular complexity index is 374. The molecule has 1 aromatic rings. The molecular weight excluding hydrogens is 212 g/mol. The highest BCUT2D eigenvalue weighted by atomic mass is 16.5. The molecule has 0 bridgehead atoms. The molecular formula is C14H24N2O. The minimum atomic E-state index is -0.287. The van der Waals surface area contributed by atoms with Gasteiger partial charge in [0.25, 0.3) is 0 Å². The summed E-state index contributed by atoms with van der Waals surface area (Å²) in [6.07, 6.45) is 0.866. The number of ether oxygens (including phenoxy) is 1. The van der Waals surface area contributed by atoms with Crippen molar-refractivity contribution in [1.29, 1.82) is 0 Å². The molecule has 1 unspecified atom stereocenters. The van der Waals surface area contributed by atoms with Crippen molar-refractivity contribution in [1.82, 2.24) is 5.43 Å². The van der Waals surface area contributed by atoms with E-state index in [1.165, 1.54) is 16.7 Å². The Hall–Kier alpha value is -0.900. The zero-order valence-corrected chi connectivity index (χ0v) is 11.5. The fourth-order valence-electron chi connectivity index (χ4n) is 1.89. The van der Waals surface area contributed by atoms with Crippen molar-refractivity contribution in [2.24, 2.45) is 5.84 Å². The van der Waals surface area contributed by atoms with Crippen molar-refractivity contribution in [3.05, 3.63) is 34.9 Å². The van der Waals surface area contributed by atoms with Crippen LogP contribution >= 0.6 is 0 Å². The fourth-order valence-corrected chi connectivity index (χ4v) is 1.89. The molecule has 1 rings (SSSR count). The third kappa shape index (κ3) is 3.53. The quantitative estimate of drug-likeness (QED) is 0.608. The van der Waals surface area contributed by atoms with E-state index in [-0.39, 0.29) is 11.6 Å². The SMILES string of the molecule is COC(C)(C)C(Cc1cc(C)ccc1C)NN. The van der Waals surface area contributed by atoms with Gasteiger partial charge in [-0.2, -0.15) is 0 Å². The Balaban J connectivity index is 2.91. The molecule has 0 spiro atoms. The van der Waals surface area contributed by atoms with Gasteiger partial charge in [-0.05, 0) is 45.2 Å². The van der Waals surface area contributed by atoms with Crippen molar-refractivity contribution < 1.29 is 4.74 Å². The summed E-state index contributed by atoms with van der Waals surface area (Å²) in [5.41, 5.74) is 6.46. The monoisotopic (exact) mass is 236 g/mol. The number of nitrogens with two attached hydrogens (primary N) is 1. The summed E-state index contributed by atoms with van der Waals surface area (Å²) in [5.74, 6) is 5.64. The Morgan fingerprint density at radius 3 is 2.53 bits per heavy atom. The maximum absolute atomic E-state index is 5.64. The van der Waals surface area contributed by atoms with E-state index in [0.29, 0.717) is 0 Å². The molecule has 1 aromatic carbocycles. The van der Waals surface area contributed by atoms with E-state index in [9.17, 15) is 0 Å². The number of hydrogen-bond donors (Lipinski definition) is 2. The molecule has 0 heterocycles. The molecule has 0 aromatic heterocycles. The summed E-state index contributed by atoms with van der Waals surface area (Å²) in [7, 11) is 1.72. The smallest absolute Gasteiger partial charge is 0.0791 e. The predicted molar refractivity (Wildman–Crippen MR) is 71.8 cm³/mol. The van der Waals surface area contributed by atoms with E-state index in [1.807, 2.05) is 13.8 Å². The number of aryl methyl sites for hydroxylation is 2. The van der Waals surface area contributed by atoms with E-state index in [2.05, 4.69) is 37.5 Å². The first kappa shape index (κ1) is 14.2. The van der Waals surface area contributed by atoms with E-state index in [1.54, 1.807) is 7.11 Å². The van der Waals surface area contributed by atoms with E-state index >= 15 is 0 Å². The lowest BCUT2D eigenvalue weighted by atomic mass is 9.90. The van der Waals surface area contributed by atoms with Gasteiger partial charge in [-0.15, -0.1) is 0 Å². The minimum Gasteiger partial charge on any atom is -0.377 e. The number of benzene rings is 1. The standard InChI is InChI=1S/C14H24N2O/c1-10-6-7-11(2)12(8-10)9-13(16-15)14(3,4)17-5/h6-8,13,16H,9,15H2,1-5H3. The molecule has 96 valence electrons. The number of methoxy groups -OCH3 is 1. The van der Waals surface area contributed by atoms with Gasteiger partial charge < -0.3 is 4.74 Å². The van der Waals surface area contributed by atoms with Crippen LogP contribution in [0.4, 0.5) is 0 Å². The van der Waals surface area contributed by atoms with E-state index < -0.39 is 0 Å². The molecule has 17 heavy (non-hydrogen) atoms. The second-order valence-corrected chi connectivity index (χ2v) is 5.16. The van der Waals surface area contributed by atoms with Gasteiger partial charge in [0.05, 0.1) is 11.6 Å². The lowest BCUT2D eigenvalue weighted by molar-refractivity contribution is -0.0101. The van der Waals surface area contributed by atoms with Crippen molar-refractivity contribution in [2.45, 2.75) is 45.8 Å². The fraction of sp³-hybridized carbons (Fsp3) is 0.571. The number of rotatable bonds is 5. The molecule has 0 amide bonds. The third-order valence-electron chi connectivity index (χ3n) is 3.50. The molecule has 0 aliphatic carbocycles. The highest BCUT2D eigenvalue weighted by molar-refractivity contribution is 5.31. The van der Waals surface area contributed by atoms with Crippen LogP contribution in [0.5, 0.6) is 0 Å². The van der Waals surface area contributed by atoms with Crippen molar-refractivity contribution in [3.63, 3.8) is 0 Å². The molecule has 0 saturated carbocycles. The third-order valence-corrected chi connectivity index (χ3v) is 3.50. The molecule has 0 radical (unpaired) electrons. The van der Waals surface area contributed by atoms with Crippen LogP contribution in [0.25, 0.3) is 0 Å². The Labute approximate surface area is 104 Å². The van der Waals surface area contributed by atoms with Crippen LogP contribution in [0.1, 0.15) is 30.5 Å². The summed E-state index contributed by atoms with van der Waals surface area (Å²) < 4.78 is 5.49. The van der Waals surface area contributed by atoms with Crippen LogP contribution in [0.15, 0.2) is 18.2 Å². The van der Waals surface area contributed by atoms with Crippen molar-refractivity contribution >= 4 is 0 Å². The molecule has 0 saturated heterocycles. The second kappa shape index (κ2) is 5.63. The van der Waals surface area contributed by atoms with Gasteiger partial charge >= 0.3 is 0 Å². The summed E-state index contributed by atoms with van der Waals surface area (Å²) in [6.45, 7) is 8.32. The van der Waals surface area contributed by atoms with Gasteiger partial charge in [-0.25, -0.2) is 0 Å². The van der Waals surface area contributed by atoms with Crippen molar-refractivity contribution in [2.75, 3.05) is 7.11 Å². The molecule has 0 aliphatic rings. The highest BCUT2D eigenvalue weighted by Crippen LogP contribution is 2.20. The van der Waals surface area contributed by atoms with Gasteiger partial charge in [-0.3, -0.25) is 11.3 Å². The Kier molecular flexibility index (Phi) is 4.69. The first-order valence-corrected chi connectivity index (χ1v) is 5.98. The average molecular weight is 236 g/mol. The van der Waals surface area contributed by atoms with Crippen LogP contribution in [0, 0.1) is 13.8 Å². The molecule has 0 fully saturated rings. The first-order chi connectivity index (χ1) is 7.90. The summed E-state index contributed by atoms with van der Waals surface area (Å²) >= 11 is 0. The number of hydrazine groups is 1. The average Bonchev–Trinajstić information content (AvgIpc) is 2.30. The summed E-state index contributed by atoms with van der Waals surface area (Å²) in [5, 5.41) is 0. The molecule has 3 nitrogen and oxygen atoms in total. The maximum atomic E-state index is 5.64. The lowest BCUT2D eigenvalue weighted by Gasteiger charge is -2.33. The van der Waals surface area contributed by atoms with Crippen LogP contribution in [0.2, 0.25) is 0 Å². The normalized spacial score (nSPS) is 13.8. The lowest BCUT2D eigenvalue weighted by Crippen LogP contribution is -2.52. The topological polar surface area (TPSA) is 47.3 Å². The van der Waals surface area contributed by atoms with Gasteiger partial charge in [0.15, 0.2) is 0 Å². The highest BCUT2D eigenvalue weighted by Gasteiger charge is 2.28. The summed E-state index contributed by atoms with van der Waals surface area (Å²) in [4.78, 5) is 0. The zero-order valence-electron chi connectivity index (χ0n) is 11.5. The molecule has 1 atom stereocenters. The second-order valence-electron chi connectivity index (χ2n) is 5.16. The molecule has 0 aliphatic heterocycles. The Morgan fingerprint density at radius 2 is 2.00 bits per heavy atom. The predicted octanol–water partition coefficient (Wildman–Crippen LogP) is 2.10. The van der Waals surface area contributed by atoms with Crippen LogP contribution in [-0.2, 0) is 11.2 Å². The van der Waals surface area contributed by atoms with Gasteiger partial charge in [0.2, 0.25) is 0 Å². The number of nitrogens with one attached hydrogen (secondary N) is 1. The largest absolute Gasteiger partial charge is 0.377 e. The van der Waals surface area contributed by atoms with E-state index in [0.717, 1.165) is 6.42 Å². The van der Waals surface area contributed by atoms with Gasteiger partial charge in [-0.1, -0.05) is 23.8 Å². The summed E-state index contributed by atoms with van der Waals surface area (Å²) in [6, 6.07) is 6.59. The van der Waals surface area contributed by atoms with Crippen LogP contribution in [0.3, 0.4) is 0 Å². The molecule has 3 N–H and O–H groups in total. The van der Waals surface area contributed by atoms with Gasteiger partial charge in [0.1, 0.15) is 0 Å². The van der Waals surface area contributed by atoms with Crippen LogP contribution < -0.4 is 11.3 Å². The number of hydrogen-bond acceptors (Lipinski definition) is 3. The molecule has 3 heteroatoms. The minimum absolute atomic E-state index is 0.0907. The van der Waals surface area contributed by atoms with Crippen molar-refractivity contribution in [3.8, 4) is 0 Å². The van der Waals surface area contributed by atoms with Gasteiger partial charge in [0, 0.05) is 7.11 Å². The maximum Gasteiger partial charge on any atom is 0.0791 e.